The second-order valence-corrected chi connectivity index (χ2v) is 3.11. The standard InChI is InChI=1S/C12H16O/c1-2-3-4-7-11-8-5-6-9-12(11)10-13/h2,5-6,8-9,13H,1,3-4,7,10H2. The van der Waals surface area contributed by atoms with Crippen LogP contribution in [-0.4, -0.2) is 5.11 Å². The van der Waals surface area contributed by atoms with Gasteiger partial charge in [-0.1, -0.05) is 30.3 Å². The summed E-state index contributed by atoms with van der Waals surface area (Å²) in [5.74, 6) is 0. The lowest BCUT2D eigenvalue weighted by molar-refractivity contribution is 0.280. The number of aryl methyl sites for hydroxylation is 1. The highest BCUT2D eigenvalue weighted by Gasteiger charge is 1.98. The minimum absolute atomic E-state index is 0.143. The van der Waals surface area contributed by atoms with E-state index >= 15 is 0 Å². The maximum Gasteiger partial charge on any atom is 0.0684 e. The van der Waals surface area contributed by atoms with Crippen LogP contribution in [0.2, 0.25) is 0 Å². The van der Waals surface area contributed by atoms with Gasteiger partial charge in [-0.15, -0.1) is 6.58 Å². The van der Waals surface area contributed by atoms with Crippen LogP contribution in [0.15, 0.2) is 36.9 Å². The van der Waals surface area contributed by atoms with Gasteiger partial charge in [-0.3, -0.25) is 0 Å². The van der Waals surface area contributed by atoms with E-state index in [1.54, 1.807) is 0 Å². The average molecular weight is 176 g/mol. The molecule has 1 nitrogen and oxygen atoms in total. The summed E-state index contributed by atoms with van der Waals surface area (Å²) in [6.45, 7) is 3.83. The van der Waals surface area contributed by atoms with Crippen LogP contribution < -0.4 is 0 Å². The number of aliphatic hydroxyl groups excluding tert-OH is 1. The van der Waals surface area contributed by atoms with E-state index in [9.17, 15) is 0 Å². The summed E-state index contributed by atoms with van der Waals surface area (Å²) in [5.41, 5.74) is 2.30. The molecule has 0 aliphatic rings. The van der Waals surface area contributed by atoms with Gasteiger partial charge in [0, 0.05) is 0 Å². The molecule has 0 bridgehead atoms. The second kappa shape index (κ2) is 5.55. The molecule has 0 saturated carbocycles. The Balaban J connectivity index is 2.58. The highest BCUT2D eigenvalue weighted by molar-refractivity contribution is 5.26. The molecule has 0 radical (unpaired) electrons. The molecule has 70 valence electrons. The van der Waals surface area contributed by atoms with E-state index in [1.165, 1.54) is 5.56 Å². The molecule has 1 aromatic carbocycles. The van der Waals surface area contributed by atoms with Crippen LogP contribution >= 0.6 is 0 Å². The number of aliphatic hydroxyl groups is 1. The summed E-state index contributed by atoms with van der Waals surface area (Å²) in [7, 11) is 0. The Labute approximate surface area is 79.7 Å². The van der Waals surface area contributed by atoms with Crippen LogP contribution in [0.1, 0.15) is 24.0 Å². The predicted molar refractivity (Wildman–Crippen MR) is 55.5 cm³/mol. The molecule has 0 unspecified atom stereocenters. The fraction of sp³-hybridized carbons (Fsp3) is 0.333. The highest BCUT2D eigenvalue weighted by atomic mass is 16.3. The SMILES string of the molecule is C=CCCCc1ccccc1CO. The van der Waals surface area contributed by atoms with Gasteiger partial charge in [-0.2, -0.15) is 0 Å². The Morgan fingerprint density at radius 1 is 1.23 bits per heavy atom. The van der Waals surface area contributed by atoms with Gasteiger partial charge in [0.15, 0.2) is 0 Å². The van der Waals surface area contributed by atoms with Crippen molar-refractivity contribution < 1.29 is 5.11 Å². The van der Waals surface area contributed by atoms with Crippen molar-refractivity contribution in [2.45, 2.75) is 25.9 Å². The molecule has 13 heavy (non-hydrogen) atoms. The summed E-state index contributed by atoms with van der Waals surface area (Å²) in [5, 5.41) is 9.05. The largest absolute Gasteiger partial charge is 0.392 e. The minimum atomic E-state index is 0.143. The first-order valence-electron chi connectivity index (χ1n) is 4.67. The summed E-state index contributed by atoms with van der Waals surface area (Å²) >= 11 is 0. The van der Waals surface area contributed by atoms with Crippen LogP contribution in [0.3, 0.4) is 0 Å². The Hall–Kier alpha value is -1.08. The maximum atomic E-state index is 9.05. The molecular weight excluding hydrogens is 160 g/mol. The van der Waals surface area contributed by atoms with Crippen LogP contribution in [0.4, 0.5) is 0 Å². The normalized spacial score (nSPS) is 9.92. The lowest BCUT2D eigenvalue weighted by Crippen LogP contribution is -1.93. The molecule has 1 heteroatoms. The van der Waals surface area contributed by atoms with Gasteiger partial charge in [-0.05, 0) is 30.4 Å². The van der Waals surface area contributed by atoms with E-state index in [-0.39, 0.29) is 6.61 Å². The first-order valence-corrected chi connectivity index (χ1v) is 4.67. The zero-order valence-corrected chi connectivity index (χ0v) is 7.87. The number of benzene rings is 1. The van der Waals surface area contributed by atoms with Crippen molar-refractivity contribution in [3.8, 4) is 0 Å². The summed E-state index contributed by atoms with van der Waals surface area (Å²) in [6.07, 6.45) is 5.12. The molecule has 0 heterocycles. The summed E-state index contributed by atoms with van der Waals surface area (Å²) < 4.78 is 0. The van der Waals surface area contributed by atoms with E-state index < -0.39 is 0 Å². The molecule has 1 N–H and O–H groups in total. The molecule has 0 spiro atoms. The van der Waals surface area contributed by atoms with E-state index in [0.717, 1.165) is 24.8 Å². The third-order valence-corrected chi connectivity index (χ3v) is 2.14. The molecule has 0 amide bonds. The van der Waals surface area contributed by atoms with Crippen molar-refractivity contribution in [2.24, 2.45) is 0 Å². The molecular formula is C12H16O. The van der Waals surface area contributed by atoms with E-state index in [1.807, 2.05) is 24.3 Å². The topological polar surface area (TPSA) is 20.2 Å². The van der Waals surface area contributed by atoms with Crippen molar-refractivity contribution in [3.05, 3.63) is 48.0 Å². The molecule has 0 saturated heterocycles. The van der Waals surface area contributed by atoms with Crippen molar-refractivity contribution in [1.29, 1.82) is 0 Å². The molecule has 1 aromatic rings. The highest BCUT2D eigenvalue weighted by Crippen LogP contribution is 2.11. The molecule has 1 rings (SSSR count). The van der Waals surface area contributed by atoms with Crippen molar-refractivity contribution in [3.63, 3.8) is 0 Å². The van der Waals surface area contributed by atoms with Gasteiger partial charge < -0.3 is 5.11 Å². The van der Waals surface area contributed by atoms with Gasteiger partial charge in [0.2, 0.25) is 0 Å². The average Bonchev–Trinajstić information content (AvgIpc) is 2.19. The fourth-order valence-corrected chi connectivity index (χ4v) is 1.39. The van der Waals surface area contributed by atoms with Gasteiger partial charge in [-0.25, -0.2) is 0 Å². The van der Waals surface area contributed by atoms with E-state index in [2.05, 4.69) is 12.6 Å². The predicted octanol–water partition coefficient (Wildman–Crippen LogP) is 2.69. The van der Waals surface area contributed by atoms with Gasteiger partial charge in [0.1, 0.15) is 0 Å². The summed E-state index contributed by atoms with van der Waals surface area (Å²) in [4.78, 5) is 0. The molecule has 0 aliphatic carbocycles. The molecule has 0 atom stereocenters. The maximum absolute atomic E-state index is 9.05. The minimum Gasteiger partial charge on any atom is -0.392 e. The Morgan fingerprint density at radius 2 is 1.92 bits per heavy atom. The van der Waals surface area contributed by atoms with Gasteiger partial charge in [0.05, 0.1) is 6.61 Å². The van der Waals surface area contributed by atoms with Crippen molar-refractivity contribution >= 4 is 0 Å². The Kier molecular flexibility index (Phi) is 4.27. The second-order valence-electron chi connectivity index (χ2n) is 3.11. The Morgan fingerprint density at radius 3 is 2.54 bits per heavy atom. The lowest BCUT2D eigenvalue weighted by atomic mass is 10.0. The third kappa shape index (κ3) is 3.03. The molecule has 0 fully saturated rings. The van der Waals surface area contributed by atoms with Crippen LogP contribution in [0.25, 0.3) is 0 Å². The van der Waals surface area contributed by atoms with Crippen LogP contribution in [-0.2, 0) is 13.0 Å². The number of unbranched alkanes of at least 4 members (excludes halogenated alkanes) is 1. The number of hydrogen-bond donors (Lipinski definition) is 1. The van der Waals surface area contributed by atoms with Gasteiger partial charge >= 0.3 is 0 Å². The lowest BCUT2D eigenvalue weighted by Gasteiger charge is -2.05. The van der Waals surface area contributed by atoms with Crippen molar-refractivity contribution in [2.75, 3.05) is 0 Å². The fourth-order valence-electron chi connectivity index (χ4n) is 1.39. The first kappa shape index (κ1) is 10.0. The van der Waals surface area contributed by atoms with E-state index in [4.69, 9.17) is 5.11 Å². The smallest absolute Gasteiger partial charge is 0.0684 e. The van der Waals surface area contributed by atoms with E-state index in [0.29, 0.717) is 0 Å². The quantitative estimate of drug-likeness (QED) is 0.540. The zero-order chi connectivity index (χ0) is 9.52. The number of allylic oxidation sites excluding steroid dienone is 1. The van der Waals surface area contributed by atoms with Crippen molar-refractivity contribution in [1.82, 2.24) is 0 Å². The van der Waals surface area contributed by atoms with Gasteiger partial charge in [0.25, 0.3) is 0 Å². The van der Waals surface area contributed by atoms with Crippen LogP contribution in [0.5, 0.6) is 0 Å². The third-order valence-electron chi connectivity index (χ3n) is 2.14. The van der Waals surface area contributed by atoms with Crippen LogP contribution in [0, 0.1) is 0 Å². The zero-order valence-electron chi connectivity index (χ0n) is 7.87. The number of rotatable bonds is 5. The Bertz CT molecular complexity index is 266. The number of hydrogen-bond acceptors (Lipinski definition) is 1. The molecule has 0 aromatic heterocycles. The monoisotopic (exact) mass is 176 g/mol. The first-order chi connectivity index (χ1) is 6.38. The summed E-state index contributed by atoms with van der Waals surface area (Å²) in [6, 6.07) is 8.03. The molecule has 0 aliphatic heterocycles.